The van der Waals surface area contributed by atoms with E-state index in [9.17, 15) is 23.1 Å². The van der Waals surface area contributed by atoms with Crippen molar-refractivity contribution in [1.82, 2.24) is 0 Å². The number of aliphatic hydroxyl groups excluding tert-OH is 1. The first-order chi connectivity index (χ1) is 12.8. The first-order valence-electron chi connectivity index (χ1n) is 8.62. The molecule has 1 aromatic carbocycles. The summed E-state index contributed by atoms with van der Waals surface area (Å²) in [5, 5.41) is 9.21. The van der Waals surface area contributed by atoms with Crippen molar-refractivity contribution in [3.8, 4) is 0 Å². The molecule has 0 unspecified atom stereocenters. The Bertz CT molecular complexity index is 751. The highest BCUT2D eigenvalue weighted by Crippen LogP contribution is 2.32. The van der Waals surface area contributed by atoms with Gasteiger partial charge in [-0.1, -0.05) is 25.5 Å². The number of primary amides is 1. The molecule has 1 aromatic rings. The van der Waals surface area contributed by atoms with Crippen molar-refractivity contribution in [2.45, 2.75) is 32.6 Å². The summed E-state index contributed by atoms with van der Waals surface area (Å²) >= 11 is 0. The van der Waals surface area contributed by atoms with Gasteiger partial charge in [0.2, 0.25) is 10.0 Å². The summed E-state index contributed by atoms with van der Waals surface area (Å²) in [5.74, 6) is -0.521. The van der Waals surface area contributed by atoms with Crippen molar-refractivity contribution >= 4 is 33.4 Å². The minimum atomic E-state index is -3.67. The molecule has 0 aliphatic carbocycles. The number of carbonyl (C=O) groups is 2. The van der Waals surface area contributed by atoms with Gasteiger partial charge >= 0.3 is 12.0 Å². The predicted octanol–water partition coefficient (Wildman–Crippen LogP) is 1.21. The lowest BCUT2D eigenvalue weighted by Crippen LogP contribution is -2.38. The van der Waals surface area contributed by atoms with E-state index >= 15 is 0 Å². The maximum atomic E-state index is 12.4. The van der Waals surface area contributed by atoms with Crippen molar-refractivity contribution in [3.63, 3.8) is 0 Å². The number of aryl methyl sites for hydroxylation is 1. The molecule has 0 fully saturated rings. The maximum absolute atomic E-state index is 12.4. The average Bonchev–Trinajstić information content (AvgIpc) is 2.63. The molecule has 0 aromatic heterocycles. The van der Waals surface area contributed by atoms with E-state index in [0.29, 0.717) is 18.4 Å². The Labute approximate surface area is 159 Å². The molecule has 0 atom stereocenters. The van der Waals surface area contributed by atoms with Gasteiger partial charge in [0.1, 0.15) is 0 Å². The highest BCUT2D eigenvalue weighted by Gasteiger charge is 2.22. The number of carbonyl (C=O) groups excluding carboxylic acids is 2. The Morgan fingerprint density at radius 3 is 2.59 bits per heavy atom. The van der Waals surface area contributed by atoms with E-state index in [0.717, 1.165) is 4.90 Å². The van der Waals surface area contributed by atoms with Crippen LogP contribution < -0.4 is 15.4 Å². The van der Waals surface area contributed by atoms with Crippen LogP contribution in [-0.4, -0.2) is 51.5 Å². The van der Waals surface area contributed by atoms with Gasteiger partial charge in [-0.15, -0.1) is 0 Å². The predicted molar refractivity (Wildman–Crippen MR) is 103 cm³/mol. The number of aliphatic hydroxyl groups is 1. The number of nitrogens with one attached hydrogen (secondary N) is 1. The molecule has 2 amide bonds. The Hall–Kier alpha value is -2.33. The summed E-state index contributed by atoms with van der Waals surface area (Å²) < 4.78 is 32.0. The zero-order valence-electron chi connectivity index (χ0n) is 15.6. The molecule has 0 spiro atoms. The monoisotopic (exact) mass is 401 g/mol. The van der Waals surface area contributed by atoms with E-state index in [4.69, 9.17) is 5.73 Å². The largest absolute Gasteiger partial charge is 0.469 e. The van der Waals surface area contributed by atoms with Gasteiger partial charge < -0.3 is 15.6 Å². The number of esters is 1. The highest BCUT2D eigenvalue weighted by molar-refractivity contribution is 7.92. The third-order valence-electron chi connectivity index (χ3n) is 3.86. The third-order valence-corrected chi connectivity index (χ3v) is 5.20. The number of ether oxygens (including phenoxy) is 1. The average molecular weight is 401 g/mol. The van der Waals surface area contributed by atoms with Crippen molar-refractivity contribution in [3.05, 3.63) is 23.8 Å². The van der Waals surface area contributed by atoms with E-state index in [1.807, 2.05) is 6.92 Å². The molecule has 0 radical (unpaired) electrons. The molecule has 0 heterocycles. The fourth-order valence-electron chi connectivity index (χ4n) is 2.47. The summed E-state index contributed by atoms with van der Waals surface area (Å²) in [5.41, 5.74) is 6.29. The second-order valence-electron chi connectivity index (χ2n) is 5.88. The van der Waals surface area contributed by atoms with Crippen LogP contribution in [0.4, 0.5) is 16.2 Å². The molecular weight excluding hydrogens is 374 g/mol. The number of para-hydroxylation sites is 1. The Balaban J connectivity index is 3.36. The van der Waals surface area contributed by atoms with Crippen LogP contribution in [0.3, 0.4) is 0 Å². The molecule has 0 saturated carbocycles. The van der Waals surface area contributed by atoms with Crippen LogP contribution in [-0.2, 0) is 26.0 Å². The number of anilines is 2. The quantitative estimate of drug-likeness (QED) is 0.476. The number of sulfonamides is 1. The number of methoxy groups -OCH3 is 1. The number of rotatable bonds is 11. The first-order valence-corrected chi connectivity index (χ1v) is 10.3. The van der Waals surface area contributed by atoms with Crippen LogP contribution in [0.5, 0.6) is 0 Å². The summed E-state index contributed by atoms with van der Waals surface area (Å²) in [6.07, 6.45) is 1.43. The van der Waals surface area contributed by atoms with Crippen molar-refractivity contribution in [2.75, 3.05) is 35.6 Å². The number of urea groups is 1. The molecule has 152 valence electrons. The lowest BCUT2D eigenvalue weighted by molar-refractivity contribution is -0.140. The molecule has 0 aliphatic rings. The van der Waals surface area contributed by atoms with Gasteiger partial charge in [-0.2, -0.15) is 0 Å². The molecule has 4 N–H and O–H groups in total. The lowest BCUT2D eigenvalue weighted by atomic mass is 10.1. The minimum Gasteiger partial charge on any atom is -0.469 e. The molecule has 0 saturated heterocycles. The molecular formula is C17H27N3O6S. The number of unbranched alkanes of at least 4 members (excludes halogenated alkanes) is 1. The first kappa shape index (κ1) is 22.7. The van der Waals surface area contributed by atoms with Crippen molar-refractivity contribution < 1.29 is 27.9 Å². The van der Waals surface area contributed by atoms with Crippen LogP contribution in [0.2, 0.25) is 0 Å². The zero-order chi connectivity index (χ0) is 20.4. The summed E-state index contributed by atoms with van der Waals surface area (Å²) in [6.45, 7) is 1.43. The van der Waals surface area contributed by atoms with Gasteiger partial charge in [0.15, 0.2) is 0 Å². The third kappa shape index (κ3) is 7.06. The summed E-state index contributed by atoms with van der Waals surface area (Å²) in [4.78, 5) is 24.3. The second-order valence-corrected chi connectivity index (χ2v) is 7.72. The summed E-state index contributed by atoms with van der Waals surface area (Å²) in [6, 6.07) is 3.98. The smallest absolute Gasteiger partial charge is 0.319 e. The Morgan fingerprint density at radius 1 is 1.33 bits per heavy atom. The van der Waals surface area contributed by atoms with Crippen molar-refractivity contribution in [1.29, 1.82) is 0 Å². The van der Waals surface area contributed by atoms with E-state index in [1.54, 1.807) is 12.1 Å². The van der Waals surface area contributed by atoms with E-state index in [1.165, 1.54) is 13.2 Å². The number of amides is 2. The van der Waals surface area contributed by atoms with Crippen LogP contribution in [0.25, 0.3) is 0 Å². The standard InChI is InChI=1S/C17H27N3O6S/c1-3-4-12-27(24,25)19-16-13(8-9-15(22)26-2)6-5-7-14(16)20(10-11-21)17(18)23/h5-7,19,21H,3-4,8-12H2,1-2H3,(H2,18,23). The van der Waals surface area contributed by atoms with Gasteiger partial charge in [-0.05, 0) is 24.5 Å². The van der Waals surface area contributed by atoms with Gasteiger partial charge in [-0.25, -0.2) is 13.2 Å². The Kier molecular flexibility index (Phi) is 9.03. The molecule has 0 aliphatic heterocycles. The molecule has 1 rings (SSSR count). The van der Waals surface area contributed by atoms with Gasteiger partial charge in [0, 0.05) is 6.42 Å². The van der Waals surface area contributed by atoms with Gasteiger partial charge in [0.25, 0.3) is 0 Å². The van der Waals surface area contributed by atoms with Gasteiger partial charge in [-0.3, -0.25) is 14.4 Å². The molecule has 27 heavy (non-hydrogen) atoms. The summed E-state index contributed by atoms with van der Waals surface area (Å²) in [7, 11) is -2.40. The fraction of sp³-hybridized carbons (Fsp3) is 0.529. The zero-order valence-corrected chi connectivity index (χ0v) is 16.4. The van der Waals surface area contributed by atoms with Crippen LogP contribution >= 0.6 is 0 Å². The van der Waals surface area contributed by atoms with E-state index in [-0.39, 0.29) is 43.1 Å². The van der Waals surface area contributed by atoms with Crippen LogP contribution in [0.1, 0.15) is 31.7 Å². The van der Waals surface area contributed by atoms with E-state index in [2.05, 4.69) is 9.46 Å². The number of hydrogen-bond acceptors (Lipinski definition) is 6. The minimum absolute atomic E-state index is 0.0419. The number of benzene rings is 1. The van der Waals surface area contributed by atoms with E-state index < -0.39 is 22.0 Å². The number of nitrogens with two attached hydrogens (primary N) is 1. The molecule has 10 heteroatoms. The lowest BCUT2D eigenvalue weighted by Gasteiger charge is -2.25. The highest BCUT2D eigenvalue weighted by atomic mass is 32.2. The van der Waals surface area contributed by atoms with Crippen LogP contribution in [0.15, 0.2) is 18.2 Å². The fourth-order valence-corrected chi connectivity index (χ4v) is 3.78. The molecule has 9 nitrogen and oxygen atoms in total. The Morgan fingerprint density at radius 2 is 2.04 bits per heavy atom. The molecule has 0 bridgehead atoms. The SMILES string of the molecule is CCCCS(=O)(=O)Nc1c(CCC(=O)OC)cccc1N(CCO)C(N)=O. The van der Waals surface area contributed by atoms with Crippen molar-refractivity contribution in [2.24, 2.45) is 5.73 Å². The number of hydrogen-bond donors (Lipinski definition) is 3. The maximum Gasteiger partial charge on any atom is 0.319 e. The topological polar surface area (TPSA) is 139 Å². The van der Waals surface area contributed by atoms with Crippen LogP contribution in [0, 0.1) is 0 Å². The normalized spacial score (nSPS) is 11.1. The second kappa shape index (κ2) is 10.7. The number of nitrogens with zero attached hydrogens (tertiary/aromatic N) is 1. The van der Waals surface area contributed by atoms with Gasteiger partial charge in [0.05, 0.1) is 37.4 Å².